The first-order valence-corrected chi connectivity index (χ1v) is 8.26. The summed E-state index contributed by atoms with van der Waals surface area (Å²) in [4.78, 5) is 5.28. The van der Waals surface area contributed by atoms with Gasteiger partial charge in [-0.1, -0.05) is 64.8 Å². The van der Waals surface area contributed by atoms with E-state index in [1.54, 1.807) is 11.3 Å². The molecule has 3 aromatic rings. The van der Waals surface area contributed by atoms with Gasteiger partial charge in [-0.15, -0.1) is 11.3 Å². The molecule has 0 aliphatic carbocycles. The van der Waals surface area contributed by atoms with Gasteiger partial charge in [0.25, 0.3) is 0 Å². The van der Waals surface area contributed by atoms with Crippen LogP contribution in [0.5, 0.6) is 0 Å². The first kappa shape index (κ1) is 15.3. The van der Waals surface area contributed by atoms with Gasteiger partial charge in [-0.3, -0.25) is 0 Å². The fourth-order valence-corrected chi connectivity index (χ4v) is 3.65. The highest BCUT2D eigenvalue weighted by molar-refractivity contribution is 7.19. The van der Waals surface area contributed by atoms with Gasteiger partial charge in [0.2, 0.25) is 0 Å². The van der Waals surface area contributed by atoms with Gasteiger partial charge in [-0.2, -0.15) is 0 Å². The zero-order valence-electron chi connectivity index (χ0n) is 13.2. The number of thiophene rings is 1. The van der Waals surface area contributed by atoms with Crippen LogP contribution in [-0.4, -0.2) is 0 Å². The van der Waals surface area contributed by atoms with E-state index in [1.807, 2.05) is 0 Å². The molecule has 0 bridgehead atoms. The molecule has 0 saturated heterocycles. The molecule has 0 amide bonds. The van der Waals surface area contributed by atoms with Crippen LogP contribution >= 0.6 is 11.3 Å². The van der Waals surface area contributed by atoms with Gasteiger partial charge in [0.15, 0.2) is 0 Å². The van der Waals surface area contributed by atoms with Crippen molar-refractivity contribution in [2.24, 2.45) is 5.11 Å². The van der Waals surface area contributed by atoms with Crippen molar-refractivity contribution in [2.45, 2.75) is 20.4 Å². The summed E-state index contributed by atoms with van der Waals surface area (Å²) >= 11 is 1.74. The average Bonchev–Trinajstić information content (AvgIpc) is 2.98. The lowest BCUT2D eigenvalue weighted by molar-refractivity contribution is 1.06. The van der Waals surface area contributed by atoms with Crippen LogP contribution in [-0.2, 0) is 6.54 Å². The van der Waals surface area contributed by atoms with Gasteiger partial charge in [0.1, 0.15) is 0 Å². The number of hydrogen-bond donors (Lipinski definition) is 0. The second kappa shape index (κ2) is 6.69. The molecule has 2 aromatic carbocycles. The van der Waals surface area contributed by atoms with E-state index >= 15 is 0 Å². The minimum Gasteiger partial charge on any atom is -0.135 e. The second-order valence-electron chi connectivity index (χ2n) is 5.59. The molecule has 0 saturated carbocycles. The zero-order valence-corrected chi connectivity index (χ0v) is 14.0. The maximum absolute atomic E-state index is 8.64. The van der Waals surface area contributed by atoms with Gasteiger partial charge in [-0.05, 0) is 42.1 Å². The number of aryl methyl sites for hydroxylation is 2. The van der Waals surface area contributed by atoms with Crippen LogP contribution in [0.4, 0.5) is 0 Å². The van der Waals surface area contributed by atoms with Crippen LogP contribution in [0.15, 0.2) is 59.7 Å². The van der Waals surface area contributed by atoms with Crippen molar-refractivity contribution in [2.75, 3.05) is 0 Å². The summed E-state index contributed by atoms with van der Waals surface area (Å²) in [5.74, 6) is 0. The van der Waals surface area contributed by atoms with Gasteiger partial charge >= 0.3 is 0 Å². The molecular formula is C19H17N3S. The van der Waals surface area contributed by atoms with Crippen LogP contribution in [0.1, 0.15) is 16.7 Å². The Labute approximate surface area is 139 Å². The van der Waals surface area contributed by atoms with Crippen LogP contribution in [0, 0.1) is 13.8 Å². The van der Waals surface area contributed by atoms with Crippen LogP contribution in [0.3, 0.4) is 0 Å². The summed E-state index contributed by atoms with van der Waals surface area (Å²) in [6, 6.07) is 19.1. The maximum Gasteiger partial charge on any atom is 0.0525 e. The van der Waals surface area contributed by atoms with E-state index in [2.05, 4.69) is 78.5 Å². The smallest absolute Gasteiger partial charge is 0.0525 e. The standard InChI is InChI=1S/C19H17N3S/c1-13-3-7-15(8-4-13)18-11-17(12-21-22-20)19(23-18)16-9-5-14(2)6-10-16/h3-11H,12H2,1-2H3. The zero-order chi connectivity index (χ0) is 16.2. The van der Waals surface area contributed by atoms with E-state index in [0.717, 1.165) is 5.56 Å². The Morgan fingerprint density at radius 2 is 1.48 bits per heavy atom. The van der Waals surface area contributed by atoms with Gasteiger partial charge in [0, 0.05) is 14.7 Å². The largest absolute Gasteiger partial charge is 0.135 e. The molecule has 0 N–H and O–H groups in total. The molecular weight excluding hydrogens is 302 g/mol. The predicted molar refractivity (Wildman–Crippen MR) is 97.5 cm³/mol. The fourth-order valence-electron chi connectivity index (χ4n) is 2.46. The molecule has 0 spiro atoms. The molecule has 4 heteroatoms. The molecule has 0 aliphatic rings. The highest BCUT2D eigenvalue weighted by Gasteiger charge is 2.12. The average molecular weight is 319 g/mol. The summed E-state index contributed by atoms with van der Waals surface area (Å²) in [7, 11) is 0. The Hall–Kier alpha value is -2.55. The first-order chi connectivity index (χ1) is 11.2. The van der Waals surface area contributed by atoms with Gasteiger partial charge in [-0.25, -0.2) is 0 Å². The maximum atomic E-state index is 8.64. The molecule has 114 valence electrons. The fraction of sp³-hybridized carbons (Fsp3) is 0.158. The summed E-state index contributed by atoms with van der Waals surface area (Å²) in [5.41, 5.74) is 14.6. The Morgan fingerprint density at radius 1 is 0.913 bits per heavy atom. The summed E-state index contributed by atoms with van der Waals surface area (Å²) < 4.78 is 0. The van der Waals surface area contributed by atoms with Gasteiger partial charge < -0.3 is 0 Å². The third-order valence-corrected chi connectivity index (χ3v) is 5.04. The van der Waals surface area contributed by atoms with Crippen molar-refractivity contribution in [3.05, 3.63) is 81.7 Å². The molecule has 0 unspecified atom stereocenters. The summed E-state index contributed by atoms with van der Waals surface area (Å²) in [6.07, 6.45) is 0. The third kappa shape index (κ3) is 3.45. The van der Waals surface area contributed by atoms with Crippen molar-refractivity contribution in [1.82, 2.24) is 0 Å². The molecule has 1 aromatic heterocycles. The van der Waals surface area contributed by atoms with Crippen molar-refractivity contribution < 1.29 is 0 Å². The molecule has 0 atom stereocenters. The van der Waals surface area contributed by atoms with Crippen molar-refractivity contribution in [3.8, 4) is 20.9 Å². The van der Waals surface area contributed by atoms with Crippen molar-refractivity contribution in [3.63, 3.8) is 0 Å². The normalized spacial score (nSPS) is 10.3. The number of hydrogen-bond acceptors (Lipinski definition) is 2. The monoisotopic (exact) mass is 319 g/mol. The van der Waals surface area contributed by atoms with E-state index in [-0.39, 0.29) is 0 Å². The van der Waals surface area contributed by atoms with Crippen molar-refractivity contribution in [1.29, 1.82) is 0 Å². The summed E-state index contributed by atoms with van der Waals surface area (Å²) in [6.45, 7) is 4.54. The van der Waals surface area contributed by atoms with E-state index in [4.69, 9.17) is 5.53 Å². The Bertz CT molecular complexity index is 855. The van der Waals surface area contributed by atoms with Crippen LogP contribution in [0.2, 0.25) is 0 Å². The Morgan fingerprint density at radius 3 is 2.04 bits per heavy atom. The lowest BCUT2D eigenvalue weighted by Gasteiger charge is -2.02. The minimum absolute atomic E-state index is 0.377. The minimum atomic E-state index is 0.377. The molecule has 3 nitrogen and oxygen atoms in total. The molecule has 0 radical (unpaired) electrons. The van der Waals surface area contributed by atoms with E-state index in [0.29, 0.717) is 6.54 Å². The van der Waals surface area contributed by atoms with Crippen molar-refractivity contribution >= 4 is 11.3 Å². The SMILES string of the molecule is Cc1ccc(-c2cc(CN=[N+]=[N-])c(-c3ccc(C)cc3)s2)cc1. The number of rotatable bonds is 4. The van der Waals surface area contributed by atoms with Crippen LogP contribution in [0.25, 0.3) is 31.3 Å². The van der Waals surface area contributed by atoms with Crippen LogP contribution < -0.4 is 0 Å². The lowest BCUT2D eigenvalue weighted by atomic mass is 10.1. The number of azide groups is 1. The number of nitrogens with zero attached hydrogens (tertiary/aromatic N) is 3. The Balaban J connectivity index is 2.07. The molecule has 3 rings (SSSR count). The second-order valence-corrected chi connectivity index (χ2v) is 6.64. The van der Waals surface area contributed by atoms with Gasteiger partial charge in [0.05, 0.1) is 6.54 Å². The van der Waals surface area contributed by atoms with E-state index in [9.17, 15) is 0 Å². The third-order valence-electron chi connectivity index (χ3n) is 3.76. The highest BCUT2D eigenvalue weighted by atomic mass is 32.1. The summed E-state index contributed by atoms with van der Waals surface area (Å²) in [5, 5.41) is 3.75. The molecule has 0 fully saturated rings. The van der Waals surface area contributed by atoms with E-state index in [1.165, 1.54) is 32.0 Å². The van der Waals surface area contributed by atoms with E-state index < -0.39 is 0 Å². The molecule has 0 aliphatic heterocycles. The first-order valence-electron chi connectivity index (χ1n) is 7.45. The quantitative estimate of drug-likeness (QED) is 0.299. The molecule has 23 heavy (non-hydrogen) atoms. The highest BCUT2D eigenvalue weighted by Crippen LogP contribution is 2.38. The number of benzene rings is 2. The topological polar surface area (TPSA) is 48.8 Å². The predicted octanol–water partition coefficient (Wildman–Crippen LogP) is 6.51. The lowest BCUT2D eigenvalue weighted by Crippen LogP contribution is -1.81. The molecule has 1 heterocycles. The Kier molecular flexibility index (Phi) is 4.47.